The van der Waals surface area contributed by atoms with E-state index in [1.165, 1.54) is 4.90 Å². The van der Waals surface area contributed by atoms with Crippen LogP contribution in [0, 0.1) is 0 Å². The molecule has 0 saturated heterocycles. The van der Waals surface area contributed by atoms with Gasteiger partial charge in [0.1, 0.15) is 11.2 Å². The van der Waals surface area contributed by atoms with E-state index in [2.05, 4.69) is 0 Å². The summed E-state index contributed by atoms with van der Waals surface area (Å²) in [5.74, 6) is 0. The summed E-state index contributed by atoms with van der Waals surface area (Å²) in [7, 11) is 0. The smallest absolute Gasteiger partial charge is 0.143 e. The quantitative estimate of drug-likeness (QED) is 0.196. The van der Waals surface area contributed by atoms with E-state index in [1.54, 1.807) is 54.6 Å². The number of fused-ring (bicyclic) bond motifs is 6. The summed E-state index contributed by atoms with van der Waals surface area (Å²) in [6, 6.07) is 27.1. The number of rotatable bonds is 5. The van der Waals surface area contributed by atoms with Gasteiger partial charge in [0.25, 0.3) is 0 Å². The van der Waals surface area contributed by atoms with Gasteiger partial charge >= 0.3 is 0 Å². The van der Waals surface area contributed by atoms with E-state index in [1.807, 2.05) is 54.6 Å². The van der Waals surface area contributed by atoms with Gasteiger partial charge in [0.15, 0.2) is 0 Å². The van der Waals surface area contributed by atoms with Gasteiger partial charge in [-0.25, -0.2) is 0 Å². The Bertz CT molecular complexity index is 3120. The molecule has 0 unspecified atom stereocenters. The number of anilines is 3. The van der Waals surface area contributed by atoms with Gasteiger partial charge in [-0.3, -0.25) is 0 Å². The second-order valence-corrected chi connectivity index (χ2v) is 10.9. The number of benzene rings is 8. The van der Waals surface area contributed by atoms with Crippen LogP contribution in [0.5, 0.6) is 0 Å². The first-order valence-corrected chi connectivity index (χ1v) is 14.8. The lowest BCUT2D eigenvalue weighted by molar-refractivity contribution is 0.672. The molecule has 0 spiro atoms. The zero-order valence-electron chi connectivity index (χ0n) is 35.2. The van der Waals surface area contributed by atoms with Crippen molar-refractivity contribution in [1.29, 1.82) is 0 Å². The zero-order valence-corrected chi connectivity index (χ0v) is 24.2. The molecule has 1 aromatic heterocycles. The van der Waals surface area contributed by atoms with Gasteiger partial charge in [-0.1, -0.05) is 133 Å². The molecule has 1 heterocycles. The summed E-state index contributed by atoms with van der Waals surface area (Å²) in [4.78, 5) is 1.29. The fourth-order valence-electron chi connectivity index (χ4n) is 6.07. The van der Waals surface area contributed by atoms with Crippen molar-refractivity contribution >= 4 is 60.5 Å². The maximum Gasteiger partial charge on any atom is 0.143 e. The standard InChI is InChI=1S/C44H29NO/c1-2-11-30(12-3-1)31-21-25-35(26-22-31)45(42-20-10-15-32-13-4-6-16-36(32)42)41-19-9-8-17-37(41)34-24-28-43-40(29-34)39-27-23-33-14-5-7-18-38(33)44(39)46-43/h1-29H/i4D,6D,10D,13D,15D,16D,20D,21D,22D,25D,26D. The summed E-state index contributed by atoms with van der Waals surface area (Å²) >= 11 is 0. The number of hydrogen-bond acceptors (Lipinski definition) is 2. The van der Waals surface area contributed by atoms with Crippen molar-refractivity contribution in [3.63, 3.8) is 0 Å². The van der Waals surface area contributed by atoms with Gasteiger partial charge in [-0.15, -0.1) is 0 Å². The van der Waals surface area contributed by atoms with Gasteiger partial charge in [0.2, 0.25) is 0 Å². The Balaban J connectivity index is 1.40. The van der Waals surface area contributed by atoms with Crippen LogP contribution >= 0.6 is 0 Å². The number of para-hydroxylation sites is 1. The molecule has 46 heavy (non-hydrogen) atoms. The lowest BCUT2D eigenvalue weighted by Gasteiger charge is -2.29. The molecule has 8 aromatic carbocycles. The minimum Gasteiger partial charge on any atom is -0.455 e. The molecule has 0 bridgehead atoms. The van der Waals surface area contributed by atoms with Crippen molar-refractivity contribution in [2.24, 2.45) is 0 Å². The van der Waals surface area contributed by atoms with Crippen molar-refractivity contribution < 1.29 is 19.5 Å². The Kier molecular flexibility index (Phi) is 4.08. The molecular formula is C44H29NO. The Morgan fingerprint density at radius 1 is 0.457 bits per heavy atom. The highest BCUT2D eigenvalue weighted by Crippen LogP contribution is 2.45. The van der Waals surface area contributed by atoms with Crippen molar-refractivity contribution in [3.8, 4) is 22.3 Å². The Morgan fingerprint density at radius 2 is 1.24 bits per heavy atom. The van der Waals surface area contributed by atoms with Crippen molar-refractivity contribution in [2.75, 3.05) is 4.90 Å². The third-order valence-electron chi connectivity index (χ3n) is 8.23. The van der Waals surface area contributed by atoms with E-state index >= 15 is 0 Å². The largest absolute Gasteiger partial charge is 0.455 e. The fourth-order valence-corrected chi connectivity index (χ4v) is 6.07. The average Bonchev–Trinajstić information content (AvgIpc) is 3.61. The Morgan fingerprint density at radius 3 is 2.15 bits per heavy atom. The first-order valence-electron chi connectivity index (χ1n) is 20.3. The molecule has 0 N–H and O–H groups in total. The summed E-state index contributed by atoms with van der Waals surface area (Å²) in [6.07, 6.45) is 0. The van der Waals surface area contributed by atoms with E-state index in [9.17, 15) is 6.85 Å². The first-order chi connectivity index (χ1) is 27.4. The zero-order chi connectivity index (χ0) is 40.0. The lowest BCUT2D eigenvalue weighted by atomic mass is 9.98. The number of nitrogens with zero attached hydrogens (tertiary/aromatic N) is 1. The van der Waals surface area contributed by atoms with E-state index in [0.29, 0.717) is 22.3 Å². The molecule has 2 heteroatoms. The second kappa shape index (κ2) is 10.8. The average molecular weight is 599 g/mol. The second-order valence-electron chi connectivity index (χ2n) is 10.9. The molecule has 0 radical (unpaired) electrons. The summed E-state index contributed by atoms with van der Waals surface area (Å²) in [6.45, 7) is 0. The van der Waals surface area contributed by atoms with E-state index in [4.69, 9.17) is 12.6 Å². The maximum absolute atomic E-state index is 9.48. The van der Waals surface area contributed by atoms with Gasteiger partial charge in [0.05, 0.1) is 26.5 Å². The number of hydrogen-bond donors (Lipinski definition) is 0. The Labute approximate surface area is 282 Å². The maximum atomic E-state index is 9.48. The van der Waals surface area contributed by atoms with Crippen molar-refractivity contribution in [3.05, 3.63) is 176 Å². The summed E-state index contributed by atoms with van der Waals surface area (Å²) < 4.78 is 106. The molecule has 0 aliphatic carbocycles. The molecule has 0 atom stereocenters. The van der Waals surface area contributed by atoms with Gasteiger partial charge in [0, 0.05) is 32.8 Å². The lowest BCUT2D eigenvalue weighted by Crippen LogP contribution is -2.11. The van der Waals surface area contributed by atoms with Crippen LogP contribution < -0.4 is 4.90 Å². The highest BCUT2D eigenvalue weighted by atomic mass is 16.3. The SMILES string of the molecule is [2H]c1c([2H])c(N(c2ccccc2-c2ccc3oc4c5ccccc5ccc4c3c2)c2c([2H])c([2H])c([2H])c3c([2H])c([2H])c([2H])c([2H])c23)c([2H])c([2H])c1-c1ccccc1. The summed E-state index contributed by atoms with van der Waals surface area (Å²) in [5.41, 5.74) is 2.65. The van der Waals surface area contributed by atoms with Crippen LogP contribution in [0.15, 0.2) is 180 Å². The van der Waals surface area contributed by atoms with Crippen LogP contribution in [-0.4, -0.2) is 0 Å². The third-order valence-corrected chi connectivity index (χ3v) is 8.23. The van der Waals surface area contributed by atoms with Crippen molar-refractivity contribution in [2.45, 2.75) is 0 Å². The molecule has 216 valence electrons. The van der Waals surface area contributed by atoms with Crippen LogP contribution in [0.4, 0.5) is 17.1 Å². The molecule has 0 fully saturated rings. The minimum absolute atomic E-state index is 0.0490. The number of furan rings is 1. The Hall–Kier alpha value is -6.12. The van der Waals surface area contributed by atoms with Crippen LogP contribution in [0.2, 0.25) is 0 Å². The van der Waals surface area contributed by atoms with Crippen molar-refractivity contribution in [1.82, 2.24) is 0 Å². The first kappa shape index (κ1) is 17.4. The third kappa shape index (κ3) is 4.35. The normalized spacial score (nSPS) is 14.8. The molecule has 0 amide bonds. The fraction of sp³-hybridized carbons (Fsp3) is 0. The minimum atomic E-state index is -0.639. The van der Waals surface area contributed by atoms with Crippen LogP contribution in [0.1, 0.15) is 15.1 Å². The molecule has 9 rings (SSSR count). The van der Waals surface area contributed by atoms with Crippen LogP contribution in [-0.2, 0) is 0 Å². The molecule has 0 saturated carbocycles. The molecule has 0 aliphatic rings. The van der Waals surface area contributed by atoms with Crippen LogP contribution in [0.3, 0.4) is 0 Å². The van der Waals surface area contributed by atoms with Gasteiger partial charge in [-0.2, -0.15) is 0 Å². The highest BCUT2D eigenvalue weighted by molar-refractivity contribution is 6.15. The molecule has 0 aliphatic heterocycles. The van der Waals surface area contributed by atoms with Crippen LogP contribution in [0.25, 0.3) is 65.7 Å². The predicted molar refractivity (Wildman–Crippen MR) is 194 cm³/mol. The predicted octanol–water partition coefficient (Wildman–Crippen LogP) is 12.7. The molecule has 2 nitrogen and oxygen atoms in total. The summed E-state index contributed by atoms with van der Waals surface area (Å²) in [5, 5.41) is 3.07. The van der Waals surface area contributed by atoms with Gasteiger partial charge in [-0.05, 0) is 69.9 Å². The van der Waals surface area contributed by atoms with E-state index < -0.39 is 54.4 Å². The molecule has 9 aromatic rings. The topological polar surface area (TPSA) is 16.4 Å². The van der Waals surface area contributed by atoms with E-state index in [0.717, 1.165) is 27.1 Å². The monoisotopic (exact) mass is 598 g/mol. The highest BCUT2D eigenvalue weighted by Gasteiger charge is 2.20. The molecular weight excluding hydrogens is 558 g/mol. The van der Waals surface area contributed by atoms with E-state index in [-0.39, 0.29) is 45.5 Å². The van der Waals surface area contributed by atoms with Gasteiger partial charge < -0.3 is 9.32 Å².